The summed E-state index contributed by atoms with van der Waals surface area (Å²) in [4.78, 5) is 23.6. The molecule has 0 aromatic heterocycles. The smallest absolute Gasteiger partial charge is 0.308 e. The molecule has 3 aliphatic carbocycles. The van der Waals surface area contributed by atoms with Crippen LogP contribution in [0.3, 0.4) is 0 Å². The van der Waals surface area contributed by atoms with E-state index in [1.807, 2.05) is 24.3 Å². The predicted octanol–water partition coefficient (Wildman–Crippen LogP) is 6.10. The third kappa shape index (κ3) is 4.37. The Bertz CT molecular complexity index is 1160. The van der Waals surface area contributed by atoms with Gasteiger partial charge in [0.15, 0.2) is 0 Å². The number of hydrogen-bond donors (Lipinski definition) is 0. The van der Waals surface area contributed by atoms with E-state index in [2.05, 4.69) is 31.2 Å². The van der Waals surface area contributed by atoms with E-state index < -0.39 is 0 Å². The molecule has 0 N–H and O–H groups in total. The van der Waals surface area contributed by atoms with Gasteiger partial charge in [0, 0.05) is 19.3 Å². The van der Waals surface area contributed by atoms with Gasteiger partial charge in [-0.15, -0.1) is 0 Å². The van der Waals surface area contributed by atoms with Crippen molar-refractivity contribution in [1.82, 2.24) is 0 Å². The van der Waals surface area contributed by atoms with Gasteiger partial charge in [-0.3, -0.25) is 9.59 Å². The number of benzene rings is 2. The molecule has 3 aliphatic rings. The molecule has 5 rings (SSSR count). The van der Waals surface area contributed by atoms with Crippen LogP contribution in [0.15, 0.2) is 48.0 Å². The number of aryl methyl sites for hydroxylation is 1. The minimum Gasteiger partial charge on any atom is -0.497 e. The summed E-state index contributed by atoms with van der Waals surface area (Å²) in [6.45, 7) is 5.29. The monoisotopic (exact) mass is 474 g/mol. The van der Waals surface area contributed by atoms with E-state index in [0.717, 1.165) is 43.4 Å². The van der Waals surface area contributed by atoms with Crippen LogP contribution in [0.5, 0.6) is 11.5 Å². The fourth-order valence-corrected chi connectivity index (χ4v) is 7.06. The van der Waals surface area contributed by atoms with Gasteiger partial charge in [0.05, 0.1) is 7.11 Å². The minimum absolute atomic E-state index is 0.0691. The first-order chi connectivity index (χ1) is 16.8. The molecule has 0 spiro atoms. The number of hydrogen-bond acceptors (Lipinski definition) is 5. The van der Waals surface area contributed by atoms with Crippen molar-refractivity contribution in [3.05, 3.63) is 64.7 Å². The molecule has 0 aliphatic heterocycles. The minimum atomic E-state index is -0.286. The predicted molar refractivity (Wildman–Crippen MR) is 134 cm³/mol. The van der Waals surface area contributed by atoms with E-state index in [-0.39, 0.29) is 23.5 Å². The highest BCUT2D eigenvalue weighted by Gasteiger charge is 2.58. The molecule has 35 heavy (non-hydrogen) atoms. The number of esters is 2. The summed E-state index contributed by atoms with van der Waals surface area (Å²) >= 11 is 0. The standard InChI is InChI=1S/C30H34O5/c1-18(31)34-24-10-12-25-21(16-24)7-11-27-26(25)13-14-30(3)28(27)17-22(29(30)35-19(2)32)15-20-5-8-23(33-4)9-6-20/h5-6,8-10,12,15-16,26-29H,7,11,13-14,17H2,1-4H3/b22-15+/t26-,27+,28+,29-,30+/m0/s1. The summed E-state index contributed by atoms with van der Waals surface area (Å²) in [7, 11) is 1.67. The van der Waals surface area contributed by atoms with Gasteiger partial charge in [0.1, 0.15) is 17.6 Å². The topological polar surface area (TPSA) is 61.8 Å². The van der Waals surface area contributed by atoms with E-state index in [1.165, 1.54) is 30.5 Å². The molecule has 0 heterocycles. The Kier molecular flexibility index (Phi) is 6.20. The van der Waals surface area contributed by atoms with Crippen LogP contribution < -0.4 is 9.47 Å². The number of methoxy groups -OCH3 is 1. The van der Waals surface area contributed by atoms with Crippen LogP contribution in [0.2, 0.25) is 0 Å². The largest absolute Gasteiger partial charge is 0.497 e. The van der Waals surface area contributed by atoms with Crippen LogP contribution in [0, 0.1) is 17.3 Å². The second-order valence-electron chi connectivity index (χ2n) is 10.6. The molecular formula is C30H34O5. The Morgan fingerprint density at radius 3 is 2.43 bits per heavy atom. The number of ether oxygens (including phenoxy) is 3. The summed E-state index contributed by atoms with van der Waals surface area (Å²) in [5, 5.41) is 0. The van der Waals surface area contributed by atoms with Crippen molar-refractivity contribution in [3.8, 4) is 11.5 Å². The van der Waals surface area contributed by atoms with Gasteiger partial charge in [0.25, 0.3) is 0 Å². The highest BCUT2D eigenvalue weighted by atomic mass is 16.5. The molecule has 0 bridgehead atoms. The third-order valence-corrected chi connectivity index (χ3v) is 8.54. The Morgan fingerprint density at radius 2 is 1.74 bits per heavy atom. The lowest BCUT2D eigenvalue weighted by atomic mass is 9.55. The van der Waals surface area contributed by atoms with Gasteiger partial charge < -0.3 is 14.2 Å². The molecule has 5 nitrogen and oxygen atoms in total. The maximum atomic E-state index is 12.2. The fraction of sp³-hybridized carbons (Fsp3) is 0.467. The van der Waals surface area contributed by atoms with E-state index in [9.17, 15) is 9.59 Å². The number of rotatable bonds is 4. The molecule has 2 aromatic rings. The number of carbonyl (C=O) groups is 2. The summed E-state index contributed by atoms with van der Waals surface area (Å²) < 4.78 is 16.7. The third-order valence-electron chi connectivity index (χ3n) is 8.54. The van der Waals surface area contributed by atoms with Crippen molar-refractivity contribution in [2.75, 3.05) is 7.11 Å². The summed E-state index contributed by atoms with van der Waals surface area (Å²) in [5.41, 5.74) is 4.95. The molecular weight excluding hydrogens is 440 g/mol. The van der Waals surface area contributed by atoms with Gasteiger partial charge in [-0.25, -0.2) is 0 Å². The maximum Gasteiger partial charge on any atom is 0.308 e. The first-order valence-electron chi connectivity index (χ1n) is 12.6. The molecule has 184 valence electrons. The Hall–Kier alpha value is -3.08. The van der Waals surface area contributed by atoms with Crippen LogP contribution in [0.25, 0.3) is 6.08 Å². The number of fused-ring (bicyclic) bond motifs is 5. The van der Waals surface area contributed by atoms with Gasteiger partial charge in [-0.1, -0.05) is 31.2 Å². The summed E-state index contributed by atoms with van der Waals surface area (Å²) in [5.74, 6) is 2.45. The highest BCUT2D eigenvalue weighted by molar-refractivity contribution is 5.69. The Labute approximate surface area is 207 Å². The molecule has 0 radical (unpaired) electrons. The molecule has 0 unspecified atom stereocenters. The average Bonchev–Trinajstić information content (AvgIpc) is 3.10. The average molecular weight is 475 g/mol. The molecule has 5 heteroatoms. The normalized spacial score (nSPS) is 30.1. The molecule has 0 saturated heterocycles. The maximum absolute atomic E-state index is 12.2. The van der Waals surface area contributed by atoms with E-state index in [1.54, 1.807) is 7.11 Å². The zero-order valence-corrected chi connectivity index (χ0v) is 21.0. The van der Waals surface area contributed by atoms with E-state index in [4.69, 9.17) is 14.2 Å². The van der Waals surface area contributed by atoms with Crippen LogP contribution in [-0.2, 0) is 20.7 Å². The summed E-state index contributed by atoms with van der Waals surface area (Å²) in [6, 6.07) is 14.2. The van der Waals surface area contributed by atoms with Crippen molar-refractivity contribution in [2.24, 2.45) is 17.3 Å². The Morgan fingerprint density at radius 1 is 1.00 bits per heavy atom. The molecule has 5 atom stereocenters. The fourth-order valence-electron chi connectivity index (χ4n) is 7.06. The van der Waals surface area contributed by atoms with Gasteiger partial charge in [-0.05, 0) is 96.4 Å². The van der Waals surface area contributed by atoms with Crippen molar-refractivity contribution in [1.29, 1.82) is 0 Å². The molecule has 2 aromatic carbocycles. The first-order valence-corrected chi connectivity index (χ1v) is 12.6. The first kappa shape index (κ1) is 23.7. The van der Waals surface area contributed by atoms with Crippen molar-refractivity contribution in [3.63, 3.8) is 0 Å². The quantitative estimate of drug-likeness (QED) is 0.396. The van der Waals surface area contributed by atoms with Crippen molar-refractivity contribution >= 4 is 18.0 Å². The lowest BCUT2D eigenvalue weighted by molar-refractivity contribution is -0.152. The highest BCUT2D eigenvalue weighted by Crippen LogP contribution is 2.63. The molecule has 0 amide bonds. The van der Waals surface area contributed by atoms with Gasteiger partial charge in [-0.2, -0.15) is 0 Å². The van der Waals surface area contributed by atoms with Crippen LogP contribution in [0.4, 0.5) is 0 Å². The van der Waals surface area contributed by atoms with Gasteiger partial charge in [0.2, 0.25) is 0 Å². The molecule has 2 saturated carbocycles. The summed E-state index contributed by atoms with van der Waals surface area (Å²) in [6.07, 6.45) is 7.14. The van der Waals surface area contributed by atoms with E-state index in [0.29, 0.717) is 23.5 Å². The zero-order valence-electron chi connectivity index (χ0n) is 21.0. The lowest BCUT2D eigenvalue weighted by Crippen LogP contribution is -2.45. The van der Waals surface area contributed by atoms with Crippen molar-refractivity contribution in [2.45, 2.75) is 64.9 Å². The zero-order chi connectivity index (χ0) is 24.7. The van der Waals surface area contributed by atoms with Crippen LogP contribution >= 0.6 is 0 Å². The SMILES string of the molecule is COc1ccc(/C=C2\C[C@@H]3[C@@H]4CCc5cc(OC(C)=O)ccc5[C@@H]4CC[C@@]3(C)[C@H]2OC(C)=O)cc1. The second kappa shape index (κ2) is 9.18. The number of carbonyl (C=O) groups excluding carboxylic acids is 2. The van der Waals surface area contributed by atoms with Gasteiger partial charge >= 0.3 is 11.9 Å². The van der Waals surface area contributed by atoms with Crippen LogP contribution in [0.1, 0.15) is 69.1 Å². The second-order valence-corrected chi connectivity index (χ2v) is 10.6. The lowest BCUT2D eigenvalue weighted by Gasteiger charge is -2.50. The van der Waals surface area contributed by atoms with Crippen molar-refractivity contribution < 1.29 is 23.8 Å². The van der Waals surface area contributed by atoms with E-state index >= 15 is 0 Å². The molecule has 2 fully saturated rings. The Balaban J connectivity index is 1.46. The van der Waals surface area contributed by atoms with Crippen LogP contribution in [-0.4, -0.2) is 25.2 Å².